The number of aromatic nitrogens is 2. The van der Waals surface area contributed by atoms with Gasteiger partial charge in [-0.3, -0.25) is 9.78 Å². The lowest BCUT2D eigenvalue weighted by molar-refractivity contribution is -0.115. The van der Waals surface area contributed by atoms with Crippen LogP contribution in [-0.2, 0) is 4.79 Å². The molecular formula is C28H26FN5OS. The van der Waals surface area contributed by atoms with Crippen molar-refractivity contribution in [2.75, 3.05) is 10.2 Å². The number of pyridine rings is 1. The maximum atomic E-state index is 14.8. The number of benzene rings is 2. The molecule has 6 nitrogen and oxygen atoms in total. The molecule has 1 aliphatic rings. The molecule has 8 heteroatoms. The minimum Gasteiger partial charge on any atom is -0.351 e. The quantitative estimate of drug-likeness (QED) is 0.326. The lowest BCUT2D eigenvalue weighted by Gasteiger charge is -2.29. The van der Waals surface area contributed by atoms with E-state index in [2.05, 4.69) is 15.6 Å². The lowest BCUT2D eigenvalue weighted by Crippen LogP contribution is -2.30. The van der Waals surface area contributed by atoms with Gasteiger partial charge in [0.25, 0.3) is 0 Å². The smallest absolute Gasteiger partial charge is 0.224 e. The Kier molecular flexibility index (Phi) is 6.52. The van der Waals surface area contributed by atoms with Crippen molar-refractivity contribution in [3.05, 3.63) is 108 Å². The number of para-hydroxylation sites is 1. The average molecular weight is 500 g/mol. The highest BCUT2D eigenvalue weighted by molar-refractivity contribution is 7.80. The second-order valence-electron chi connectivity index (χ2n) is 8.65. The first kappa shape index (κ1) is 23.7. The summed E-state index contributed by atoms with van der Waals surface area (Å²) in [6.45, 7) is 3.77. The van der Waals surface area contributed by atoms with Crippen molar-refractivity contribution in [1.82, 2.24) is 14.9 Å². The highest BCUT2D eigenvalue weighted by atomic mass is 32.1. The predicted molar refractivity (Wildman–Crippen MR) is 144 cm³/mol. The molecule has 2 atom stereocenters. The van der Waals surface area contributed by atoms with E-state index in [1.165, 1.54) is 6.07 Å². The van der Waals surface area contributed by atoms with Gasteiger partial charge in [0.05, 0.1) is 17.4 Å². The van der Waals surface area contributed by atoms with Gasteiger partial charge in [-0.05, 0) is 79.3 Å². The number of rotatable bonds is 6. The summed E-state index contributed by atoms with van der Waals surface area (Å²) in [5, 5.41) is 6.92. The van der Waals surface area contributed by atoms with Crippen molar-refractivity contribution in [3.8, 4) is 5.69 Å². The van der Waals surface area contributed by atoms with Crippen LogP contribution in [0.25, 0.3) is 5.69 Å². The van der Waals surface area contributed by atoms with E-state index in [1.807, 2.05) is 84.1 Å². The standard InChI is InChI=1S/C28H26FN5OS/c1-3-25(35)31-21-14-13-19(17-18(21)2)34-27(26(32-28(34)36)22-10-6-7-15-30-22)24-12-8-16-33(24)23-11-5-4-9-20(23)29/h4-17,26-27H,3H2,1-2H3,(H,31,35)(H,32,36)/t26-,27-/m0/s1. The van der Waals surface area contributed by atoms with Crippen LogP contribution in [0.15, 0.2) is 85.2 Å². The Labute approximate surface area is 214 Å². The monoisotopic (exact) mass is 499 g/mol. The van der Waals surface area contributed by atoms with Crippen molar-refractivity contribution in [1.29, 1.82) is 0 Å². The summed E-state index contributed by atoms with van der Waals surface area (Å²) >= 11 is 5.84. The van der Waals surface area contributed by atoms with E-state index in [0.29, 0.717) is 17.2 Å². The first-order chi connectivity index (χ1) is 17.5. The van der Waals surface area contributed by atoms with E-state index < -0.39 is 0 Å². The third-order valence-corrected chi connectivity index (χ3v) is 6.69. The van der Waals surface area contributed by atoms with E-state index in [4.69, 9.17) is 12.2 Å². The summed E-state index contributed by atoms with van der Waals surface area (Å²) in [5.41, 5.74) is 4.70. The third-order valence-electron chi connectivity index (χ3n) is 6.38. The Bertz CT molecular complexity index is 1420. The number of aryl methyl sites for hydroxylation is 1. The second kappa shape index (κ2) is 9.91. The van der Waals surface area contributed by atoms with Gasteiger partial charge in [0.2, 0.25) is 5.91 Å². The van der Waals surface area contributed by atoms with Crippen LogP contribution < -0.4 is 15.5 Å². The van der Waals surface area contributed by atoms with Crippen LogP contribution >= 0.6 is 12.2 Å². The highest BCUT2D eigenvalue weighted by Gasteiger charge is 2.42. The van der Waals surface area contributed by atoms with Gasteiger partial charge in [0.1, 0.15) is 11.9 Å². The number of carbonyl (C=O) groups excluding carboxylic acids is 1. The van der Waals surface area contributed by atoms with E-state index in [1.54, 1.807) is 18.3 Å². The first-order valence-corrected chi connectivity index (χ1v) is 12.2. The normalized spacial score (nSPS) is 17.2. The van der Waals surface area contributed by atoms with Gasteiger partial charge in [-0.25, -0.2) is 4.39 Å². The molecule has 0 unspecified atom stereocenters. The summed E-state index contributed by atoms with van der Waals surface area (Å²) in [5.74, 6) is -0.351. The summed E-state index contributed by atoms with van der Waals surface area (Å²) in [6, 6.07) is 21.6. The van der Waals surface area contributed by atoms with E-state index in [-0.39, 0.29) is 23.8 Å². The molecule has 2 aromatic heterocycles. The summed E-state index contributed by atoms with van der Waals surface area (Å²) in [7, 11) is 0. The molecule has 36 heavy (non-hydrogen) atoms. The Hall–Kier alpha value is -4.04. The zero-order valence-electron chi connectivity index (χ0n) is 20.0. The second-order valence-corrected chi connectivity index (χ2v) is 9.04. The van der Waals surface area contributed by atoms with Crippen LogP contribution in [0.1, 0.15) is 42.4 Å². The van der Waals surface area contributed by atoms with Crippen LogP contribution in [-0.4, -0.2) is 20.6 Å². The zero-order valence-corrected chi connectivity index (χ0v) is 20.8. The van der Waals surface area contributed by atoms with Gasteiger partial charge in [-0.1, -0.05) is 25.1 Å². The van der Waals surface area contributed by atoms with Crippen molar-refractivity contribution in [2.24, 2.45) is 0 Å². The Balaban J connectivity index is 1.63. The molecule has 1 saturated heterocycles. The van der Waals surface area contributed by atoms with Gasteiger partial charge in [0, 0.05) is 35.9 Å². The van der Waals surface area contributed by atoms with Gasteiger partial charge < -0.3 is 20.1 Å². The van der Waals surface area contributed by atoms with E-state index in [0.717, 1.165) is 28.3 Å². The van der Waals surface area contributed by atoms with Gasteiger partial charge in [0.15, 0.2) is 5.11 Å². The number of nitrogens with one attached hydrogen (secondary N) is 2. The molecule has 1 fully saturated rings. The van der Waals surface area contributed by atoms with Gasteiger partial charge >= 0.3 is 0 Å². The van der Waals surface area contributed by atoms with Crippen molar-refractivity contribution in [2.45, 2.75) is 32.4 Å². The first-order valence-electron chi connectivity index (χ1n) is 11.8. The molecule has 2 N–H and O–H groups in total. The van der Waals surface area contributed by atoms with Crippen molar-refractivity contribution < 1.29 is 9.18 Å². The minimum atomic E-state index is -0.309. The fraction of sp³-hybridized carbons (Fsp3) is 0.179. The fourth-order valence-corrected chi connectivity index (χ4v) is 4.96. The molecule has 1 amide bonds. The van der Waals surface area contributed by atoms with E-state index in [9.17, 15) is 9.18 Å². The topological polar surface area (TPSA) is 62.2 Å². The van der Waals surface area contributed by atoms with Crippen LogP contribution in [0.2, 0.25) is 0 Å². The third kappa shape index (κ3) is 4.35. The number of halogens is 1. The molecule has 4 aromatic rings. The molecule has 3 heterocycles. The Morgan fingerprint density at radius 3 is 2.64 bits per heavy atom. The molecule has 0 radical (unpaired) electrons. The molecule has 0 spiro atoms. The van der Waals surface area contributed by atoms with Crippen LogP contribution in [0.4, 0.5) is 15.8 Å². The molecule has 5 rings (SSSR count). The SMILES string of the molecule is CCC(=O)Nc1ccc(N2C(=S)N[C@@H](c3ccccn3)[C@@H]2c2cccn2-c2ccccc2F)cc1C. The molecular weight excluding hydrogens is 473 g/mol. The predicted octanol–water partition coefficient (Wildman–Crippen LogP) is 5.85. The number of hydrogen-bond donors (Lipinski definition) is 2. The van der Waals surface area contributed by atoms with Crippen LogP contribution in [0.5, 0.6) is 0 Å². The Morgan fingerprint density at radius 2 is 1.92 bits per heavy atom. The largest absolute Gasteiger partial charge is 0.351 e. The van der Waals surface area contributed by atoms with Crippen LogP contribution in [0.3, 0.4) is 0 Å². The van der Waals surface area contributed by atoms with Crippen molar-refractivity contribution >= 4 is 34.6 Å². The van der Waals surface area contributed by atoms with E-state index >= 15 is 0 Å². The molecule has 0 saturated carbocycles. The lowest BCUT2D eigenvalue weighted by atomic mass is 10.00. The molecule has 1 aliphatic heterocycles. The highest BCUT2D eigenvalue weighted by Crippen LogP contribution is 2.43. The zero-order chi connectivity index (χ0) is 25.2. The number of anilines is 2. The molecule has 2 aromatic carbocycles. The van der Waals surface area contributed by atoms with Crippen molar-refractivity contribution in [3.63, 3.8) is 0 Å². The maximum absolute atomic E-state index is 14.8. The number of nitrogens with zero attached hydrogens (tertiary/aromatic N) is 3. The average Bonchev–Trinajstić information content (AvgIpc) is 3.50. The molecule has 0 aliphatic carbocycles. The summed E-state index contributed by atoms with van der Waals surface area (Å²) < 4.78 is 16.7. The summed E-state index contributed by atoms with van der Waals surface area (Å²) in [4.78, 5) is 18.6. The van der Waals surface area contributed by atoms with Gasteiger partial charge in [-0.15, -0.1) is 0 Å². The fourth-order valence-electron chi connectivity index (χ4n) is 4.61. The number of hydrogen-bond acceptors (Lipinski definition) is 3. The number of thiocarbonyl (C=S) groups is 1. The summed E-state index contributed by atoms with van der Waals surface area (Å²) in [6.07, 6.45) is 4.02. The van der Waals surface area contributed by atoms with Crippen LogP contribution in [0, 0.1) is 12.7 Å². The molecule has 182 valence electrons. The number of amides is 1. The Morgan fingerprint density at radius 1 is 1.11 bits per heavy atom. The van der Waals surface area contributed by atoms with Gasteiger partial charge in [-0.2, -0.15) is 0 Å². The molecule has 0 bridgehead atoms. The number of carbonyl (C=O) groups is 1. The minimum absolute atomic E-state index is 0.0417. The maximum Gasteiger partial charge on any atom is 0.224 e.